The quantitative estimate of drug-likeness (QED) is 0.424. The molecule has 0 bridgehead atoms. The highest BCUT2D eigenvalue weighted by molar-refractivity contribution is 5.91. The predicted octanol–water partition coefficient (Wildman–Crippen LogP) is 5.54. The van der Waals surface area contributed by atoms with E-state index in [0.717, 1.165) is 37.1 Å². The van der Waals surface area contributed by atoms with Crippen LogP contribution in [0.3, 0.4) is 0 Å². The van der Waals surface area contributed by atoms with Crippen LogP contribution < -0.4 is 5.32 Å². The van der Waals surface area contributed by atoms with Crippen molar-refractivity contribution in [2.75, 3.05) is 6.54 Å². The van der Waals surface area contributed by atoms with Gasteiger partial charge in [-0.15, -0.1) is 0 Å². The third-order valence-electron chi connectivity index (χ3n) is 4.90. The van der Waals surface area contributed by atoms with E-state index in [1.165, 1.54) is 17.7 Å². The third-order valence-corrected chi connectivity index (χ3v) is 4.90. The van der Waals surface area contributed by atoms with E-state index < -0.39 is 0 Å². The van der Waals surface area contributed by atoms with Crippen LogP contribution in [0.5, 0.6) is 0 Å². The predicted molar refractivity (Wildman–Crippen MR) is 116 cm³/mol. The molecule has 2 aromatic carbocycles. The second-order valence-corrected chi connectivity index (χ2v) is 7.49. The number of carbonyl (C=O) groups is 1. The molecule has 30 heavy (non-hydrogen) atoms. The number of halogens is 1. The number of hydrogen-bond donors (Lipinski definition) is 1. The maximum Gasteiger partial charge on any atom is 0.286 e. The number of nitrogens with one attached hydrogen (secondary N) is 1. The summed E-state index contributed by atoms with van der Waals surface area (Å²) in [4.78, 5) is 14.5. The minimum atomic E-state index is -0.242. The van der Waals surface area contributed by atoms with Crippen LogP contribution in [0.4, 0.5) is 4.39 Å². The van der Waals surface area contributed by atoms with Gasteiger partial charge in [0.15, 0.2) is 5.76 Å². The van der Waals surface area contributed by atoms with Crippen LogP contribution in [-0.4, -0.2) is 17.4 Å². The van der Waals surface area contributed by atoms with Crippen molar-refractivity contribution in [2.45, 2.75) is 45.8 Å². The largest absolute Gasteiger partial charge is 0.455 e. The first-order valence-corrected chi connectivity index (χ1v) is 10.5. The fourth-order valence-electron chi connectivity index (χ4n) is 3.33. The minimum absolute atomic E-state index is 0.175. The smallest absolute Gasteiger partial charge is 0.286 e. The number of carbonyl (C=O) groups excluding carboxylic acids is 1. The summed E-state index contributed by atoms with van der Waals surface area (Å²) >= 11 is 0. The highest BCUT2D eigenvalue weighted by atomic mass is 19.1. The number of amides is 1. The molecule has 0 saturated carbocycles. The monoisotopic (exact) mass is 408 g/mol. The zero-order valence-corrected chi connectivity index (χ0v) is 17.4. The number of nitrogens with zero attached hydrogens (tertiary/aromatic N) is 1. The fourth-order valence-corrected chi connectivity index (χ4v) is 3.33. The molecule has 0 fully saturated rings. The summed E-state index contributed by atoms with van der Waals surface area (Å²) < 4.78 is 19.1. The van der Waals surface area contributed by atoms with Crippen LogP contribution in [-0.2, 0) is 19.6 Å². The topological polar surface area (TPSA) is 45.5 Å². The van der Waals surface area contributed by atoms with E-state index in [4.69, 9.17) is 4.42 Å². The molecule has 0 radical (unpaired) electrons. The molecular weight excluding hydrogens is 379 g/mol. The zero-order chi connectivity index (χ0) is 21.2. The van der Waals surface area contributed by atoms with Crippen LogP contribution in [0.15, 0.2) is 71.1 Å². The van der Waals surface area contributed by atoms with Crippen molar-refractivity contribution in [3.05, 3.63) is 95.2 Å². The normalized spacial score (nSPS) is 11.0. The van der Waals surface area contributed by atoms with Gasteiger partial charge in [0, 0.05) is 19.6 Å². The summed E-state index contributed by atoms with van der Waals surface area (Å²) in [6.07, 6.45) is 3.19. The SMILES string of the molecule is CCCCCNC(=O)c1ccc(CN(Cc2ccccc2)Cc2ccc(F)cc2)o1. The molecule has 1 amide bonds. The molecule has 0 saturated heterocycles. The highest BCUT2D eigenvalue weighted by Gasteiger charge is 2.14. The molecular formula is C25H29FN2O2. The van der Waals surface area contributed by atoms with Gasteiger partial charge in [-0.25, -0.2) is 4.39 Å². The Balaban J connectivity index is 1.65. The van der Waals surface area contributed by atoms with Crippen LogP contribution in [0, 0.1) is 5.82 Å². The van der Waals surface area contributed by atoms with Crippen molar-refractivity contribution < 1.29 is 13.6 Å². The number of hydrogen-bond acceptors (Lipinski definition) is 3. The lowest BCUT2D eigenvalue weighted by Crippen LogP contribution is -2.24. The molecule has 1 aromatic heterocycles. The van der Waals surface area contributed by atoms with Crippen LogP contribution in [0.25, 0.3) is 0 Å². The van der Waals surface area contributed by atoms with Crippen molar-refractivity contribution in [1.29, 1.82) is 0 Å². The number of furan rings is 1. The first kappa shape index (κ1) is 21.8. The number of benzene rings is 2. The number of unbranched alkanes of at least 4 members (excludes halogenated alkanes) is 2. The maximum atomic E-state index is 13.3. The van der Waals surface area contributed by atoms with Crippen LogP contribution in [0.1, 0.15) is 53.6 Å². The van der Waals surface area contributed by atoms with Crippen molar-refractivity contribution in [1.82, 2.24) is 10.2 Å². The average Bonchev–Trinajstić information content (AvgIpc) is 3.22. The van der Waals surface area contributed by atoms with Gasteiger partial charge in [0.25, 0.3) is 5.91 Å². The molecule has 158 valence electrons. The molecule has 5 heteroatoms. The van der Waals surface area contributed by atoms with E-state index >= 15 is 0 Å². The van der Waals surface area contributed by atoms with Gasteiger partial charge >= 0.3 is 0 Å². The summed E-state index contributed by atoms with van der Waals surface area (Å²) in [7, 11) is 0. The summed E-state index contributed by atoms with van der Waals surface area (Å²) in [6, 6.07) is 20.3. The second kappa shape index (κ2) is 11.3. The summed E-state index contributed by atoms with van der Waals surface area (Å²) in [5.74, 6) is 0.647. The molecule has 0 unspecified atom stereocenters. The molecule has 1 N–H and O–H groups in total. The van der Waals surface area contributed by atoms with Gasteiger partial charge in [-0.2, -0.15) is 0 Å². The van der Waals surface area contributed by atoms with Crippen molar-refractivity contribution in [2.24, 2.45) is 0 Å². The van der Waals surface area contributed by atoms with Crippen molar-refractivity contribution in [3.63, 3.8) is 0 Å². The fraction of sp³-hybridized carbons (Fsp3) is 0.320. The van der Waals surface area contributed by atoms with Crippen molar-refractivity contribution in [3.8, 4) is 0 Å². The zero-order valence-electron chi connectivity index (χ0n) is 17.4. The lowest BCUT2D eigenvalue weighted by molar-refractivity contribution is 0.0920. The Labute approximate surface area is 177 Å². The third kappa shape index (κ3) is 6.85. The molecule has 3 aromatic rings. The first-order valence-electron chi connectivity index (χ1n) is 10.5. The van der Waals surface area contributed by atoms with E-state index in [-0.39, 0.29) is 11.7 Å². The molecule has 3 rings (SSSR count). The standard InChI is InChI=1S/C25H29FN2O2/c1-2-3-7-16-27-25(29)24-15-14-23(30-24)19-28(17-20-8-5-4-6-9-20)18-21-10-12-22(26)13-11-21/h4-6,8-15H,2-3,7,16-19H2,1H3,(H,27,29). The Hall–Kier alpha value is -2.92. The van der Waals surface area contributed by atoms with Gasteiger partial charge in [-0.1, -0.05) is 62.2 Å². The van der Waals surface area contributed by atoms with Crippen molar-refractivity contribution >= 4 is 5.91 Å². The number of rotatable bonds is 11. The Morgan fingerprint density at radius 1 is 0.900 bits per heavy atom. The van der Waals surface area contributed by atoms with E-state index in [1.807, 2.05) is 24.3 Å². The Morgan fingerprint density at radius 2 is 1.60 bits per heavy atom. The van der Waals surface area contributed by atoms with Gasteiger partial charge in [0.05, 0.1) is 6.54 Å². The average molecular weight is 409 g/mol. The van der Waals surface area contributed by atoms with E-state index in [2.05, 4.69) is 29.3 Å². The lowest BCUT2D eigenvalue weighted by atomic mass is 10.1. The van der Waals surface area contributed by atoms with Gasteiger partial charge in [-0.05, 0) is 41.8 Å². The van der Waals surface area contributed by atoms with Gasteiger partial charge in [0.2, 0.25) is 0 Å². The van der Waals surface area contributed by atoms with Crippen LogP contribution >= 0.6 is 0 Å². The molecule has 0 aliphatic carbocycles. The highest BCUT2D eigenvalue weighted by Crippen LogP contribution is 2.17. The molecule has 1 heterocycles. The first-order chi connectivity index (χ1) is 14.6. The molecule has 0 spiro atoms. The Bertz CT molecular complexity index is 906. The maximum absolute atomic E-state index is 13.3. The molecule has 0 atom stereocenters. The Morgan fingerprint density at radius 3 is 2.30 bits per heavy atom. The summed E-state index contributed by atoms with van der Waals surface area (Å²) in [5.41, 5.74) is 2.20. The van der Waals surface area contributed by atoms with Crippen LogP contribution in [0.2, 0.25) is 0 Å². The van der Waals surface area contributed by atoms with E-state index in [9.17, 15) is 9.18 Å². The summed E-state index contributed by atoms with van der Waals surface area (Å²) in [5, 5.41) is 2.90. The lowest BCUT2D eigenvalue weighted by Gasteiger charge is -2.21. The van der Waals surface area contributed by atoms with E-state index in [1.54, 1.807) is 18.2 Å². The minimum Gasteiger partial charge on any atom is -0.455 e. The second-order valence-electron chi connectivity index (χ2n) is 7.49. The van der Waals surface area contributed by atoms with E-state index in [0.29, 0.717) is 25.4 Å². The van der Waals surface area contributed by atoms with Gasteiger partial charge in [-0.3, -0.25) is 9.69 Å². The Kier molecular flexibility index (Phi) is 8.21. The molecule has 0 aliphatic heterocycles. The van der Waals surface area contributed by atoms with Gasteiger partial charge < -0.3 is 9.73 Å². The van der Waals surface area contributed by atoms with Gasteiger partial charge in [0.1, 0.15) is 11.6 Å². The summed E-state index contributed by atoms with van der Waals surface area (Å²) in [6.45, 7) is 4.71. The molecule has 4 nitrogen and oxygen atoms in total. The molecule has 0 aliphatic rings.